The molecule has 5 atom stereocenters. The zero-order chi connectivity index (χ0) is 20.1. The van der Waals surface area contributed by atoms with Crippen LogP contribution >= 0.6 is 0 Å². The maximum absolute atomic E-state index is 12.8. The molecule has 2 fully saturated rings. The van der Waals surface area contributed by atoms with Crippen LogP contribution in [0.15, 0.2) is 22.8 Å². The molecule has 6 heteroatoms. The molecule has 0 N–H and O–H groups in total. The van der Waals surface area contributed by atoms with E-state index >= 15 is 0 Å². The van der Waals surface area contributed by atoms with Crippen LogP contribution in [0.2, 0.25) is 0 Å². The molecular formula is C21H28O6. The van der Waals surface area contributed by atoms with Crippen LogP contribution in [0, 0.1) is 17.3 Å². The number of carbonyl (C=O) groups is 3. The summed E-state index contributed by atoms with van der Waals surface area (Å²) in [4.78, 5) is 37.7. The molecule has 0 aromatic carbocycles. The fraction of sp³-hybridized carbons (Fsp3) is 0.667. The third-order valence-electron chi connectivity index (χ3n) is 6.67. The minimum atomic E-state index is -1.34. The number of Topliss-reactive ketones (excluding diaryl/α,β-unsaturated/α-hetero) is 1. The van der Waals surface area contributed by atoms with Gasteiger partial charge in [-0.05, 0) is 33.1 Å². The van der Waals surface area contributed by atoms with Gasteiger partial charge in [-0.2, -0.15) is 0 Å². The molecular weight excluding hydrogens is 348 g/mol. The van der Waals surface area contributed by atoms with Gasteiger partial charge in [-0.3, -0.25) is 4.79 Å². The SMILES string of the molecule is COC12CC3C(=O)CCC(C)C3(C)C(OC(=O)C=C(C)C)C1=C(C)C(=O)O2. The lowest BCUT2D eigenvalue weighted by Gasteiger charge is -2.56. The van der Waals surface area contributed by atoms with Gasteiger partial charge >= 0.3 is 11.9 Å². The van der Waals surface area contributed by atoms with Crippen LogP contribution in [0.1, 0.15) is 53.9 Å². The van der Waals surface area contributed by atoms with Gasteiger partial charge in [0.15, 0.2) is 0 Å². The van der Waals surface area contributed by atoms with Gasteiger partial charge in [0.1, 0.15) is 11.9 Å². The molecule has 0 radical (unpaired) electrons. The number of esters is 2. The molecule has 0 aromatic heterocycles. The number of ketones is 1. The summed E-state index contributed by atoms with van der Waals surface area (Å²) < 4.78 is 17.2. The number of fused-ring (bicyclic) bond motifs is 2. The van der Waals surface area contributed by atoms with Crippen molar-refractivity contribution in [3.63, 3.8) is 0 Å². The molecule has 0 spiro atoms. The quantitative estimate of drug-likeness (QED) is 0.556. The van der Waals surface area contributed by atoms with Gasteiger partial charge in [0.25, 0.3) is 0 Å². The molecule has 27 heavy (non-hydrogen) atoms. The van der Waals surface area contributed by atoms with E-state index < -0.39 is 35.2 Å². The van der Waals surface area contributed by atoms with Gasteiger partial charge in [-0.15, -0.1) is 0 Å². The summed E-state index contributed by atoms with van der Waals surface area (Å²) in [5, 5.41) is 0. The van der Waals surface area contributed by atoms with Gasteiger partial charge in [0.2, 0.25) is 5.79 Å². The fourth-order valence-electron chi connectivity index (χ4n) is 4.92. The third-order valence-corrected chi connectivity index (χ3v) is 6.67. The van der Waals surface area contributed by atoms with Crippen LogP contribution in [0.3, 0.4) is 0 Å². The Hall–Kier alpha value is -1.95. The number of ether oxygens (including phenoxy) is 3. The summed E-state index contributed by atoms with van der Waals surface area (Å²) in [6, 6.07) is 0. The maximum Gasteiger partial charge on any atom is 0.336 e. The Balaban J connectivity index is 2.18. The van der Waals surface area contributed by atoms with Gasteiger partial charge in [0, 0.05) is 42.9 Å². The first-order valence-electron chi connectivity index (χ1n) is 9.44. The molecule has 1 heterocycles. The van der Waals surface area contributed by atoms with Crippen molar-refractivity contribution in [2.75, 3.05) is 7.11 Å². The average molecular weight is 376 g/mol. The predicted molar refractivity (Wildman–Crippen MR) is 97.5 cm³/mol. The Morgan fingerprint density at radius 2 is 1.96 bits per heavy atom. The zero-order valence-corrected chi connectivity index (χ0v) is 16.9. The first-order chi connectivity index (χ1) is 12.6. The van der Waals surface area contributed by atoms with Crippen molar-refractivity contribution in [1.82, 2.24) is 0 Å². The molecule has 1 aliphatic heterocycles. The van der Waals surface area contributed by atoms with Crippen LogP contribution in [0.25, 0.3) is 0 Å². The standard InChI is InChI=1S/C21H28O6/c1-11(2)9-16(23)26-18-17-13(4)19(24)27-21(17,25-6)10-14-15(22)8-7-12(3)20(14,18)5/h9,12,14,18H,7-8,10H2,1-6H3. The van der Waals surface area contributed by atoms with E-state index in [-0.39, 0.29) is 18.1 Å². The molecule has 0 saturated heterocycles. The molecule has 0 bridgehead atoms. The molecule has 2 saturated carbocycles. The van der Waals surface area contributed by atoms with Crippen LogP contribution in [-0.4, -0.2) is 36.7 Å². The van der Waals surface area contributed by atoms with Crippen molar-refractivity contribution in [2.24, 2.45) is 17.3 Å². The highest BCUT2D eigenvalue weighted by Gasteiger charge is 2.67. The highest BCUT2D eigenvalue weighted by atomic mass is 16.7. The first-order valence-corrected chi connectivity index (χ1v) is 9.44. The van der Waals surface area contributed by atoms with Gasteiger partial charge < -0.3 is 14.2 Å². The summed E-state index contributed by atoms with van der Waals surface area (Å²) in [5.41, 5.74) is 1.14. The Kier molecular flexibility index (Phi) is 4.83. The van der Waals surface area contributed by atoms with E-state index in [1.54, 1.807) is 6.92 Å². The Morgan fingerprint density at radius 3 is 2.56 bits per heavy atom. The van der Waals surface area contributed by atoms with Gasteiger partial charge in [-0.1, -0.05) is 19.4 Å². The zero-order valence-electron chi connectivity index (χ0n) is 16.9. The molecule has 0 aromatic rings. The second-order valence-electron chi connectivity index (χ2n) is 8.45. The normalized spacial score (nSPS) is 38.1. The van der Waals surface area contributed by atoms with Crippen molar-refractivity contribution < 1.29 is 28.6 Å². The van der Waals surface area contributed by atoms with E-state index in [0.717, 1.165) is 12.0 Å². The van der Waals surface area contributed by atoms with Crippen LogP contribution < -0.4 is 0 Å². The minimum Gasteiger partial charge on any atom is -0.454 e. The van der Waals surface area contributed by atoms with Crippen molar-refractivity contribution in [3.8, 4) is 0 Å². The predicted octanol–water partition coefficient (Wildman–Crippen LogP) is 3.11. The van der Waals surface area contributed by atoms with E-state index in [0.29, 0.717) is 17.6 Å². The molecule has 2 aliphatic carbocycles. The second-order valence-corrected chi connectivity index (χ2v) is 8.45. The lowest BCUT2D eigenvalue weighted by atomic mass is 9.51. The minimum absolute atomic E-state index is 0.106. The average Bonchev–Trinajstić information content (AvgIpc) is 2.84. The Morgan fingerprint density at radius 1 is 1.30 bits per heavy atom. The van der Waals surface area contributed by atoms with E-state index in [9.17, 15) is 14.4 Å². The first kappa shape index (κ1) is 19.8. The summed E-state index contributed by atoms with van der Waals surface area (Å²) >= 11 is 0. The number of hydrogen-bond donors (Lipinski definition) is 0. The van der Waals surface area contributed by atoms with Crippen molar-refractivity contribution in [3.05, 3.63) is 22.8 Å². The summed E-state index contributed by atoms with van der Waals surface area (Å²) in [5.74, 6) is -2.48. The van der Waals surface area contributed by atoms with Crippen molar-refractivity contribution in [2.45, 2.75) is 65.8 Å². The lowest BCUT2D eigenvalue weighted by molar-refractivity contribution is -0.233. The number of hydrogen-bond acceptors (Lipinski definition) is 6. The fourth-order valence-corrected chi connectivity index (χ4v) is 4.92. The molecule has 6 nitrogen and oxygen atoms in total. The summed E-state index contributed by atoms with van der Waals surface area (Å²) in [6.07, 6.45) is 2.12. The van der Waals surface area contributed by atoms with Crippen molar-refractivity contribution in [1.29, 1.82) is 0 Å². The Bertz CT molecular complexity index is 759. The Labute approximate surface area is 159 Å². The largest absolute Gasteiger partial charge is 0.454 e. The molecule has 3 aliphatic rings. The maximum atomic E-state index is 12.8. The van der Waals surface area contributed by atoms with E-state index in [4.69, 9.17) is 14.2 Å². The van der Waals surface area contributed by atoms with Gasteiger partial charge in [0.05, 0.1) is 5.57 Å². The summed E-state index contributed by atoms with van der Waals surface area (Å²) in [7, 11) is 1.46. The number of methoxy groups -OCH3 is 1. The smallest absolute Gasteiger partial charge is 0.336 e. The lowest BCUT2D eigenvalue weighted by Crippen LogP contribution is -2.62. The topological polar surface area (TPSA) is 78.9 Å². The molecule has 5 unspecified atom stereocenters. The number of allylic oxidation sites excluding steroid dienone is 1. The van der Waals surface area contributed by atoms with Crippen LogP contribution in [0.4, 0.5) is 0 Å². The van der Waals surface area contributed by atoms with E-state index in [2.05, 4.69) is 6.92 Å². The summed E-state index contributed by atoms with van der Waals surface area (Å²) in [6.45, 7) is 9.35. The van der Waals surface area contributed by atoms with E-state index in [1.165, 1.54) is 13.2 Å². The van der Waals surface area contributed by atoms with Crippen molar-refractivity contribution >= 4 is 17.7 Å². The molecule has 3 rings (SSSR count). The number of rotatable bonds is 3. The second kappa shape index (κ2) is 6.59. The third kappa shape index (κ3) is 2.85. The molecule has 148 valence electrons. The van der Waals surface area contributed by atoms with Gasteiger partial charge in [-0.25, -0.2) is 9.59 Å². The van der Waals surface area contributed by atoms with Crippen LogP contribution in [-0.2, 0) is 28.6 Å². The number of carbonyl (C=O) groups excluding carboxylic acids is 3. The monoisotopic (exact) mass is 376 g/mol. The molecule has 0 amide bonds. The van der Waals surface area contributed by atoms with Crippen LogP contribution in [0.5, 0.6) is 0 Å². The highest BCUT2D eigenvalue weighted by Crippen LogP contribution is 2.60. The van der Waals surface area contributed by atoms with E-state index in [1.807, 2.05) is 20.8 Å². The highest BCUT2D eigenvalue weighted by molar-refractivity contribution is 5.94.